The number of rotatable bonds is 7. The van der Waals surface area contributed by atoms with Gasteiger partial charge >= 0.3 is 0 Å². The smallest absolute Gasteiger partial charge is 0.240 e. The summed E-state index contributed by atoms with van der Waals surface area (Å²) < 4.78 is 49.3. The number of benzene rings is 1. The van der Waals surface area contributed by atoms with Crippen LogP contribution in [-0.4, -0.2) is 51.3 Å². The maximum Gasteiger partial charge on any atom is 0.240 e. The first-order valence-electron chi connectivity index (χ1n) is 7.82. The number of hydrogen-bond acceptors (Lipinski definition) is 6. The fourth-order valence-electron chi connectivity index (χ4n) is 2.38. The summed E-state index contributed by atoms with van der Waals surface area (Å²) in [5.41, 5.74) is 0.494. The highest BCUT2D eigenvalue weighted by molar-refractivity contribution is 8.02. The number of carbonyl (C=O) groups is 1. The van der Waals surface area contributed by atoms with E-state index in [2.05, 4.69) is 10.0 Å². The largest absolute Gasteiger partial charge is 0.325 e. The van der Waals surface area contributed by atoms with Gasteiger partial charge in [0.25, 0.3) is 0 Å². The molecule has 2 N–H and O–H groups in total. The van der Waals surface area contributed by atoms with E-state index in [1.54, 1.807) is 13.8 Å². The van der Waals surface area contributed by atoms with Crippen LogP contribution in [0.3, 0.4) is 0 Å². The SMILES string of the molecule is CC(C)NS(=O)(=O)c1ccc(NC(=O)CS[C@H]2CCS(=O)(=O)C2)cc1. The van der Waals surface area contributed by atoms with Gasteiger partial charge in [-0.25, -0.2) is 21.6 Å². The van der Waals surface area contributed by atoms with Crippen LogP contribution in [0.15, 0.2) is 29.2 Å². The maximum atomic E-state index is 12.0. The van der Waals surface area contributed by atoms with Gasteiger partial charge in [0.2, 0.25) is 15.9 Å². The Morgan fingerprint density at radius 3 is 2.44 bits per heavy atom. The van der Waals surface area contributed by atoms with Gasteiger partial charge in [0.15, 0.2) is 9.84 Å². The molecule has 10 heteroatoms. The lowest BCUT2D eigenvalue weighted by Crippen LogP contribution is -2.30. The molecule has 1 aromatic carbocycles. The molecule has 0 bridgehead atoms. The van der Waals surface area contributed by atoms with Crippen LogP contribution in [-0.2, 0) is 24.7 Å². The molecule has 1 aliphatic heterocycles. The van der Waals surface area contributed by atoms with Gasteiger partial charge in [-0.05, 0) is 44.5 Å². The molecule has 1 heterocycles. The Kier molecular flexibility index (Phi) is 6.52. The summed E-state index contributed by atoms with van der Waals surface area (Å²) in [6.45, 7) is 3.47. The average Bonchev–Trinajstić information content (AvgIpc) is 2.84. The van der Waals surface area contributed by atoms with E-state index in [1.807, 2.05) is 0 Å². The quantitative estimate of drug-likeness (QED) is 0.705. The number of carbonyl (C=O) groups excluding carboxylic acids is 1. The predicted octanol–water partition coefficient (Wildman–Crippen LogP) is 1.23. The van der Waals surface area contributed by atoms with Gasteiger partial charge in [-0.15, -0.1) is 11.8 Å². The van der Waals surface area contributed by atoms with E-state index in [0.29, 0.717) is 12.1 Å². The van der Waals surface area contributed by atoms with Gasteiger partial charge in [-0.2, -0.15) is 0 Å². The molecule has 1 saturated heterocycles. The predicted molar refractivity (Wildman–Crippen MR) is 100 cm³/mol. The lowest BCUT2D eigenvalue weighted by Gasteiger charge is -2.11. The van der Waals surface area contributed by atoms with Gasteiger partial charge in [0.1, 0.15) is 0 Å². The molecule has 7 nitrogen and oxygen atoms in total. The summed E-state index contributed by atoms with van der Waals surface area (Å²) in [6.07, 6.45) is 0.579. The molecule has 0 aromatic heterocycles. The third-order valence-electron chi connectivity index (χ3n) is 3.48. The third-order valence-corrected chi connectivity index (χ3v) is 8.44. The molecular weight excluding hydrogens is 384 g/mol. The highest BCUT2D eigenvalue weighted by Crippen LogP contribution is 2.24. The maximum absolute atomic E-state index is 12.0. The van der Waals surface area contributed by atoms with Crippen molar-refractivity contribution < 1.29 is 21.6 Å². The fraction of sp³-hybridized carbons (Fsp3) is 0.533. The number of hydrogen-bond donors (Lipinski definition) is 2. The van der Waals surface area contributed by atoms with Crippen LogP contribution in [0.25, 0.3) is 0 Å². The van der Waals surface area contributed by atoms with E-state index in [-0.39, 0.29) is 39.4 Å². The summed E-state index contributed by atoms with van der Waals surface area (Å²) >= 11 is 1.33. The topological polar surface area (TPSA) is 109 Å². The van der Waals surface area contributed by atoms with E-state index < -0.39 is 19.9 Å². The van der Waals surface area contributed by atoms with Gasteiger partial charge < -0.3 is 5.32 Å². The Balaban J connectivity index is 1.87. The monoisotopic (exact) mass is 406 g/mol. The zero-order valence-electron chi connectivity index (χ0n) is 14.1. The summed E-state index contributed by atoms with van der Waals surface area (Å²) in [6, 6.07) is 5.70. The highest BCUT2D eigenvalue weighted by Gasteiger charge is 2.28. The first kappa shape index (κ1) is 20.2. The molecule has 1 aromatic rings. The van der Waals surface area contributed by atoms with Crippen molar-refractivity contribution in [2.75, 3.05) is 22.6 Å². The van der Waals surface area contributed by atoms with Crippen molar-refractivity contribution in [2.24, 2.45) is 0 Å². The van der Waals surface area contributed by atoms with E-state index in [9.17, 15) is 21.6 Å². The zero-order valence-corrected chi connectivity index (χ0v) is 16.5. The third kappa shape index (κ3) is 6.28. The molecule has 0 radical (unpaired) electrons. The molecule has 1 atom stereocenters. The van der Waals surface area contributed by atoms with E-state index in [4.69, 9.17) is 0 Å². The minimum atomic E-state index is -3.56. The van der Waals surface area contributed by atoms with Crippen molar-refractivity contribution in [1.29, 1.82) is 0 Å². The van der Waals surface area contributed by atoms with Crippen LogP contribution in [0.5, 0.6) is 0 Å². The van der Waals surface area contributed by atoms with Crippen molar-refractivity contribution >= 4 is 43.2 Å². The molecule has 25 heavy (non-hydrogen) atoms. The van der Waals surface area contributed by atoms with E-state index in [0.717, 1.165) is 0 Å². The van der Waals surface area contributed by atoms with Crippen molar-refractivity contribution in [3.63, 3.8) is 0 Å². The molecular formula is C15H22N2O5S3. The lowest BCUT2D eigenvalue weighted by atomic mass is 10.3. The summed E-state index contributed by atoms with van der Waals surface area (Å²) in [5, 5.41) is 2.64. The number of amides is 1. The number of anilines is 1. The lowest BCUT2D eigenvalue weighted by molar-refractivity contribution is -0.113. The van der Waals surface area contributed by atoms with Crippen LogP contribution in [0.1, 0.15) is 20.3 Å². The van der Waals surface area contributed by atoms with E-state index >= 15 is 0 Å². The van der Waals surface area contributed by atoms with Crippen LogP contribution >= 0.6 is 11.8 Å². The molecule has 1 aliphatic rings. The van der Waals surface area contributed by atoms with Gasteiger partial charge in [0.05, 0.1) is 22.2 Å². The fourth-order valence-corrected chi connectivity index (χ4v) is 7.07. The summed E-state index contributed by atoms with van der Waals surface area (Å²) in [5.74, 6) is 0.229. The Morgan fingerprint density at radius 1 is 1.28 bits per heavy atom. The van der Waals surface area contributed by atoms with Crippen LogP contribution < -0.4 is 10.0 Å². The Labute approximate surface area is 152 Å². The Hall–Kier alpha value is -1.10. The molecule has 0 saturated carbocycles. The zero-order chi connectivity index (χ0) is 18.7. The molecule has 0 unspecified atom stereocenters. The molecule has 0 spiro atoms. The molecule has 140 valence electrons. The van der Waals surface area contributed by atoms with Crippen LogP contribution in [0, 0.1) is 0 Å². The van der Waals surface area contributed by atoms with Gasteiger partial charge in [-0.1, -0.05) is 0 Å². The second-order valence-corrected chi connectivity index (χ2v) is 11.4. The van der Waals surface area contributed by atoms with Crippen molar-refractivity contribution in [1.82, 2.24) is 4.72 Å². The van der Waals surface area contributed by atoms with Gasteiger partial charge in [0, 0.05) is 17.0 Å². The minimum Gasteiger partial charge on any atom is -0.325 e. The summed E-state index contributed by atoms with van der Waals surface area (Å²) in [7, 11) is -6.51. The first-order valence-corrected chi connectivity index (χ1v) is 12.2. The van der Waals surface area contributed by atoms with Gasteiger partial charge in [-0.3, -0.25) is 4.79 Å². The standard InChI is InChI=1S/C15H22N2O5S3/c1-11(2)17-25(21,22)14-5-3-12(4-6-14)16-15(18)9-23-13-7-8-24(19,20)10-13/h3-6,11,13,17H,7-10H2,1-2H3,(H,16,18)/t13-/m0/s1. The second kappa shape index (κ2) is 8.07. The van der Waals surface area contributed by atoms with Crippen LogP contribution in [0.4, 0.5) is 5.69 Å². The Morgan fingerprint density at radius 2 is 1.92 bits per heavy atom. The molecule has 1 fully saturated rings. The highest BCUT2D eigenvalue weighted by atomic mass is 32.2. The number of sulfone groups is 1. The molecule has 2 rings (SSSR count). The molecule has 0 aliphatic carbocycles. The Bertz CT molecular complexity index is 817. The molecule has 1 amide bonds. The van der Waals surface area contributed by atoms with Crippen molar-refractivity contribution in [3.8, 4) is 0 Å². The number of thioether (sulfide) groups is 1. The second-order valence-electron chi connectivity index (χ2n) is 6.18. The van der Waals surface area contributed by atoms with Crippen LogP contribution in [0.2, 0.25) is 0 Å². The number of nitrogens with one attached hydrogen (secondary N) is 2. The van der Waals surface area contributed by atoms with E-state index in [1.165, 1.54) is 36.0 Å². The van der Waals surface area contributed by atoms with Crippen molar-refractivity contribution in [2.45, 2.75) is 36.5 Å². The number of sulfonamides is 1. The van der Waals surface area contributed by atoms with Crippen molar-refractivity contribution in [3.05, 3.63) is 24.3 Å². The normalized spacial score (nSPS) is 19.9. The average molecular weight is 407 g/mol. The summed E-state index contributed by atoms with van der Waals surface area (Å²) in [4.78, 5) is 12.1. The first-order chi connectivity index (χ1) is 11.6. The minimum absolute atomic E-state index is 0.0367.